The zero-order valence-electron chi connectivity index (χ0n) is 12.4. The Morgan fingerprint density at radius 1 is 1.09 bits per heavy atom. The van der Waals surface area contributed by atoms with Crippen LogP contribution in [0.2, 0.25) is 0 Å². The Labute approximate surface area is 128 Å². The number of methoxy groups -OCH3 is 2. The number of hydrogen-bond donors (Lipinski definition) is 2. The smallest absolute Gasteiger partial charge is 0.311 e. The molecule has 0 amide bonds. The Balaban J connectivity index is 2.34. The number of benzene rings is 2. The van der Waals surface area contributed by atoms with Crippen molar-refractivity contribution in [3.05, 3.63) is 53.6 Å². The molecule has 0 aliphatic carbocycles. The number of aliphatic carboxylic acids is 1. The zero-order valence-corrected chi connectivity index (χ0v) is 12.4. The van der Waals surface area contributed by atoms with E-state index in [4.69, 9.17) is 9.47 Å². The molecule has 2 N–H and O–H groups in total. The highest BCUT2D eigenvalue weighted by molar-refractivity contribution is 5.77. The van der Waals surface area contributed by atoms with Crippen LogP contribution in [0.4, 0.5) is 0 Å². The monoisotopic (exact) mass is 302 g/mol. The quantitative estimate of drug-likeness (QED) is 0.858. The van der Waals surface area contributed by atoms with Crippen molar-refractivity contribution in [2.45, 2.75) is 12.3 Å². The molecular weight excluding hydrogens is 284 g/mol. The molecule has 0 aliphatic heterocycles. The topological polar surface area (TPSA) is 76.0 Å². The molecule has 116 valence electrons. The molecule has 2 aromatic carbocycles. The second kappa shape index (κ2) is 6.85. The number of carboxylic acid groups (broad SMARTS) is 1. The van der Waals surface area contributed by atoms with Crippen molar-refractivity contribution in [3.8, 4) is 17.2 Å². The third-order valence-electron chi connectivity index (χ3n) is 3.50. The molecule has 0 aromatic heterocycles. The summed E-state index contributed by atoms with van der Waals surface area (Å²) in [7, 11) is 2.97. The van der Waals surface area contributed by atoms with Crippen LogP contribution in [0.15, 0.2) is 42.5 Å². The van der Waals surface area contributed by atoms with Gasteiger partial charge in [-0.15, -0.1) is 0 Å². The van der Waals surface area contributed by atoms with Crippen molar-refractivity contribution >= 4 is 5.97 Å². The van der Waals surface area contributed by atoms with Crippen molar-refractivity contribution in [1.82, 2.24) is 0 Å². The van der Waals surface area contributed by atoms with Gasteiger partial charge in [0.25, 0.3) is 0 Å². The lowest BCUT2D eigenvalue weighted by Gasteiger charge is -2.16. The van der Waals surface area contributed by atoms with E-state index in [2.05, 4.69) is 0 Å². The lowest BCUT2D eigenvalue weighted by molar-refractivity contribution is -0.138. The van der Waals surface area contributed by atoms with Crippen LogP contribution < -0.4 is 9.47 Å². The van der Waals surface area contributed by atoms with Gasteiger partial charge in [0.05, 0.1) is 20.1 Å². The summed E-state index contributed by atoms with van der Waals surface area (Å²) in [6.45, 7) is 0. The summed E-state index contributed by atoms with van der Waals surface area (Å²) in [6.07, 6.45) is 0.243. The van der Waals surface area contributed by atoms with E-state index in [0.29, 0.717) is 22.6 Å². The highest BCUT2D eigenvalue weighted by Gasteiger charge is 2.24. The maximum Gasteiger partial charge on any atom is 0.311 e. The van der Waals surface area contributed by atoms with Gasteiger partial charge >= 0.3 is 5.97 Å². The molecule has 0 aliphatic rings. The average Bonchev–Trinajstić information content (AvgIpc) is 2.52. The lowest BCUT2D eigenvalue weighted by atomic mass is 9.91. The van der Waals surface area contributed by atoms with Crippen molar-refractivity contribution in [1.29, 1.82) is 0 Å². The highest BCUT2D eigenvalue weighted by atomic mass is 16.5. The molecule has 0 heterocycles. The van der Waals surface area contributed by atoms with E-state index < -0.39 is 11.9 Å². The van der Waals surface area contributed by atoms with Crippen LogP contribution >= 0.6 is 0 Å². The van der Waals surface area contributed by atoms with Gasteiger partial charge in [0.1, 0.15) is 5.75 Å². The first-order valence-corrected chi connectivity index (χ1v) is 6.78. The van der Waals surface area contributed by atoms with Crippen molar-refractivity contribution < 1.29 is 24.5 Å². The third-order valence-corrected chi connectivity index (χ3v) is 3.50. The summed E-state index contributed by atoms with van der Waals surface area (Å²) >= 11 is 0. The molecular formula is C17H18O5. The zero-order chi connectivity index (χ0) is 16.1. The Bertz CT molecular complexity index is 666. The van der Waals surface area contributed by atoms with Crippen LogP contribution in [0.5, 0.6) is 17.2 Å². The summed E-state index contributed by atoms with van der Waals surface area (Å²) in [5, 5.41) is 19.4. The second-order valence-corrected chi connectivity index (χ2v) is 4.84. The van der Waals surface area contributed by atoms with Gasteiger partial charge in [0.2, 0.25) is 0 Å². The summed E-state index contributed by atoms with van der Waals surface area (Å²) in [6, 6.07) is 11.9. The molecule has 2 rings (SSSR count). The summed E-state index contributed by atoms with van der Waals surface area (Å²) in [5.74, 6) is -0.825. The minimum absolute atomic E-state index is 0.0100. The van der Waals surface area contributed by atoms with Crippen molar-refractivity contribution in [3.63, 3.8) is 0 Å². The normalized spacial score (nSPS) is 11.7. The van der Waals surface area contributed by atoms with E-state index in [9.17, 15) is 15.0 Å². The highest BCUT2D eigenvalue weighted by Crippen LogP contribution is 2.32. The predicted octanol–water partition coefficient (Wildman–Crippen LogP) is 2.82. The van der Waals surface area contributed by atoms with Crippen molar-refractivity contribution in [2.75, 3.05) is 14.2 Å². The van der Waals surface area contributed by atoms with E-state index in [1.165, 1.54) is 20.3 Å². The number of ether oxygens (including phenoxy) is 2. The van der Waals surface area contributed by atoms with Gasteiger partial charge in [0, 0.05) is 5.56 Å². The predicted molar refractivity (Wildman–Crippen MR) is 81.7 cm³/mol. The number of carboxylic acids is 1. The van der Waals surface area contributed by atoms with Gasteiger partial charge in [-0.3, -0.25) is 4.79 Å². The molecule has 5 nitrogen and oxygen atoms in total. The Kier molecular flexibility index (Phi) is 4.88. The van der Waals surface area contributed by atoms with Crippen LogP contribution in [0, 0.1) is 0 Å². The standard InChI is InChI=1S/C17H18O5/c1-21-15-6-4-3-5-12(15)13(17(19)20)9-11-7-8-16(22-2)14(18)10-11/h3-8,10,13,18H,9H2,1-2H3,(H,19,20). The van der Waals surface area contributed by atoms with E-state index in [-0.39, 0.29) is 12.2 Å². The molecule has 0 bridgehead atoms. The number of phenols is 1. The number of hydrogen-bond acceptors (Lipinski definition) is 4. The number of phenolic OH excluding ortho intramolecular Hbond substituents is 1. The molecule has 0 fully saturated rings. The van der Waals surface area contributed by atoms with Gasteiger partial charge in [0.15, 0.2) is 11.5 Å². The van der Waals surface area contributed by atoms with Gasteiger partial charge in [-0.25, -0.2) is 0 Å². The van der Waals surface area contributed by atoms with Crippen molar-refractivity contribution in [2.24, 2.45) is 0 Å². The van der Waals surface area contributed by atoms with E-state index in [1.807, 2.05) is 0 Å². The SMILES string of the molecule is COc1ccc(CC(C(=O)O)c2ccccc2OC)cc1O. The molecule has 0 radical (unpaired) electrons. The number of carbonyl (C=O) groups is 1. The molecule has 0 saturated carbocycles. The molecule has 0 saturated heterocycles. The first-order valence-electron chi connectivity index (χ1n) is 6.78. The molecule has 22 heavy (non-hydrogen) atoms. The first-order chi connectivity index (χ1) is 10.6. The summed E-state index contributed by atoms with van der Waals surface area (Å²) in [5.41, 5.74) is 1.31. The number of aromatic hydroxyl groups is 1. The molecule has 5 heteroatoms. The summed E-state index contributed by atoms with van der Waals surface area (Å²) in [4.78, 5) is 11.6. The summed E-state index contributed by atoms with van der Waals surface area (Å²) < 4.78 is 10.2. The Morgan fingerprint density at radius 3 is 2.36 bits per heavy atom. The molecule has 1 atom stereocenters. The third kappa shape index (κ3) is 3.31. The first kappa shape index (κ1) is 15.7. The van der Waals surface area contributed by atoms with Gasteiger partial charge < -0.3 is 19.7 Å². The van der Waals surface area contributed by atoms with E-state index in [0.717, 1.165) is 0 Å². The largest absolute Gasteiger partial charge is 0.504 e. The van der Waals surface area contributed by atoms with Gasteiger partial charge in [-0.1, -0.05) is 24.3 Å². The van der Waals surface area contributed by atoms with E-state index >= 15 is 0 Å². The fourth-order valence-corrected chi connectivity index (χ4v) is 2.38. The fourth-order valence-electron chi connectivity index (χ4n) is 2.38. The Morgan fingerprint density at radius 2 is 1.77 bits per heavy atom. The molecule has 2 aromatic rings. The number of para-hydroxylation sites is 1. The second-order valence-electron chi connectivity index (χ2n) is 4.84. The van der Waals surface area contributed by atoms with Crippen LogP contribution in [0.3, 0.4) is 0 Å². The van der Waals surface area contributed by atoms with Crippen LogP contribution in [0.25, 0.3) is 0 Å². The number of rotatable bonds is 6. The van der Waals surface area contributed by atoms with Crippen LogP contribution in [0.1, 0.15) is 17.0 Å². The van der Waals surface area contributed by atoms with Gasteiger partial charge in [-0.05, 0) is 30.2 Å². The van der Waals surface area contributed by atoms with Crippen LogP contribution in [-0.2, 0) is 11.2 Å². The minimum Gasteiger partial charge on any atom is -0.504 e. The lowest BCUT2D eigenvalue weighted by Crippen LogP contribution is -2.15. The molecule has 0 spiro atoms. The molecule has 1 unspecified atom stereocenters. The average molecular weight is 302 g/mol. The minimum atomic E-state index is -0.945. The maximum absolute atomic E-state index is 11.6. The van der Waals surface area contributed by atoms with E-state index in [1.54, 1.807) is 36.4 Å². The maximum atomic E-state index is 11.6. The fraction of sp³-hybridized carbons (Fsp3) is 0.235. The Hall–Kier alpha value is -2.69. The van der Waals surface area contributed by atoms with Gasteiger partial charge in [-0.2, -0.15) is 0 Å². The van der Waals surface area contributed by atoms with Crippen LogP contribution in [-0.4, -0.2) is 30.4 Å².